The Morgan fingerprint density at radius 2 is 2.00 bits per heavy atom. The predicted octanol–water partition coefficient (Wildman–Crippen LogP) is 1.27. The lowest BCUT2D eigenvalue weighted by Gasteiger charge is -2.16. The first kappa shape index (κ1) is 17.4. The molecule has 0 saturated carbocycles. The number of hydrogen-bond acceptors (Lipinski definition) is 4. The molecule has 1 aromatic carbocycles. The van der Waals surface area contributed by atoms with Crippen LogP contribution in [-0.2, 0) is 9.59 Å². The molecule has 6 nitrogen and oxygen atoms in total. The molecule has 0 fully saturated rings. The molecule has 0 radical (unpaired) electrons. The number of aliphatic carboxylic acids is 1. The molecule has 0 aromatic heterocycles. The molecule has 1 rings (SSSR count). The minimum atomic E-state index is -1.05. The maximum atomic E-state index is 11.9. The van der Waals surface area contributed by atoms with Gasteiger partial charge in [0.25, 0.3) is 0 Å². The predicted molar refractivity (Wildman–Crippen MR) is 82.7 cm³/mol. The number of carbonyl (C=O) groups excluding carboxylic acids is 1. The number of para-hydroxylation sites is 1. The first-order valence-corrected chi connectivity index (χ1v) is 6.93. The van der Waals surface area contributed by atoms with Gasteiger partial charge in [0.1, 0.15) is 6.04 Å². The van der Waals surface area contributed by atoms with E-state index in [2.05, 4.69) is 10.6 Å². The summed E-state index contributed by atoms with van der Waals surface area (Å²) < 4.78 is 0. The highest BCUT2D eigenvalue weighted by atomic mass is 35.5. The summed E-state index contributed by atoms with van der Waals surface area (Å²) >= 11 is 5.93. The number of carboxylic acid groups (broad SMARTS) is 1. The van der Waals surface area contributed by atoms with Gasteiger partial charge in [-0.05, 0) is 26.2 Å². The Labute approximate surface area is 129 Å². The Balaban J connectivity index is 2.53. The van der Waals surface area contributed by atoms with Gasteiger partial charge in [0.05, 0.1) is 17.1 Å². The van der Waals surface area contributed by atoms with Crippen molar-refractivity contribution in [2.24, 2.45) is 0 Å². The normalized spacial score (nSPS) is 12.2. The number of carbonyl (C=O) groups is 2. The summed E-state index contributed by atoms with van der Waals surface area (Å²) in [5.41, 5.74) is 0.474. The lowest BCUT2D eigenvalue weighted by Crippen LogP contribution is -2.42. The molecule has 7 heteroatoms. The summed E-state index contributed by atoms with van der Waals surface area (Å²) in [6.45, 7) is 1.18. The first-order valence-electron chi connectivity index (χ1n) is 6.55. The van der Waals surface area contributed by atoms with Crippen molar-refractivity contribution in [3.63, 3.8) is 0 Å². The van der Waals surface area contributed by atoms with Crippen molar-refractivity contribution in [3.05, 3.63) is 29.3 Å². The summed E-state index contributed by atoms with van der Waals surface area (Å²) in [6, 6.07) is 5.88. The number of hydrogen-bond donors (Lipinski definition) is 3. The fourth-order valence-electron chi connectivity index (χ4n) is 1.66. The van der Waals surface area contributed by atoms with Crippen molar-refractivity contribution in [2.75, 3.05) is 32.5 Å². The van der Waals surface area contributed by atoms with Gasteiger partial charge in [0.15, 0.2) is 0 Å². The fourth-order valence-corrected chi connectivity index (χ4v) is 1.84. The monoisotopic (exact) mass is 313 g/mol. The van der Waals surface area contributed by atoms with Crippen LogP contribution in [0.25, 0.3) is 0 Å². The van der Waals surface area contributed by atoms with E-state index >= 15 is 0 Å². The second-order valence-electron chi connectivity index (χ2n) is 4.88. The molecule has 0 aliphatic heterocycles. The van der Waals surface area contributed by atoms with E-state index in [4.69, 9.17) is 16.7 Å². The zero-order valence-electron chi connectivity index (χ0n) is 12.1. The van der Waals surface area contributed by atoms with Gasteiger partial charge >= 0.3 is 5.97 Å². The number of carboxylic acids is 1. The summed E-state index contributed by atoms with van der Waals surface area (Å²) in [5.74, 6) is -1.45. The highest BCUT2D eigenvalue weighted by Gasteiger charge is 2.20. The maximum absolute atomic E-state index is 11.9. The maximum Gasteiger partial charge on any atom is 0.321 e. The van der Waals surface area contributed by atoms with Crippen molar-refractivity contribution < 1.29 is 14.7 Å². The molecule has 0 saturated heterocycles. The highest BCUT2D eigenvalue weighted by molar-refractivity contribution is 6.33. The van der Waals surface area contributed by atoms with Crippen LogP contribution in [0, 0.1) is 0 Å². The van der Waals surface area contributed by atoms with Gasteiger partial charge in [-0.1, -0.05) is 23.7 Å². The molecule has 0 aliphatic rings. The third kappa shape index (κ3) is 6.57. The van der Waals surface area contributed by atoms with Gasteiger partial charge in [-0.25, -0.2) is 0 Å². The van der Waals surface area contributed by atoms with Crippen molar-refractivity contribution >= 4 is 29.2 Å². The van der Waals surface area contributed by atoms with Crippen molar-refractivity contribution in [1.82, 2.24) is 10.2 Å². The fraction of sp³-hybridized carbons (Fsp3) is 0.429. The molecule has 1 amide bonds. The topological polar surface area (TPSA) is 81.7 Å². The van der Waals surface area contributed by atoms with Crippen LogP contribution in [0.3, 0.4) is 0 Å². The van der Waals surface area contributed by atoms with Gasteiger partial charge in [-0.3, -0.25) is 9.59 Å². The van der Waals surface area contributed by atoms with Crippen molar-refractivity contribution in [1.29, 1.82) is 0 Å². The van der Waals surface area contributed by atoms with Crippen LogP contribution in [0.1, 0.15) is 6.42 Å². The molecule has 0 unspecified atom stereocenters. The number of anilines is 1. The second-order valence-corrected chi connectivity index (χ2v) is 5.29. The summed E-state index contributed by atoms with van der Waals surface area (Å²) in [5, 5.41) is 15.0. The highest BCUT2D eigenvalue weighted by Crippen LogP contribution is 2.20. The quantitative estimate of drug-likeness (QED) is 0.673. The number of likely N-dealkylation sites (N-methyl/N-ethyl adjacent to an activating group) is 1. The molecule has 21 heavy (non-hydrogen) atoms. The second kappa shape index (κ2) is 8.61. The summed E-state index contributed by atoms with van der Waals surface area (Å²) in [4.78, 5) is 25.0. The number of nitrogens with one attached hydrogen (secondary N) is 2. The van der Waals surface area contributed by atoms with Crippen LogP contribution in [0.4, 0.5) is 5.69 Å². The van der Waals surface area contributed by atoms with Crippen LogP contribution in [0.2, 0.25) is 5.02 Å². The molecule has 0 aliphatic carbocycles. The SMILES string of the molecule is CN(C)CCN[C@@H](CC(=O)Nc1ccccc1Cl)C(=O)O. The average molecular weight is 314 g/mol. The van der Waals surface area contributed by atoms with E-state index in [0.29, 0.717) is 23.8 Å². The lowest BCUT2D eigenvalue weighted by molar-refractivity contribution is -0.141. The molecule has 0 heterocycles. The van der Waals surface area contributed by atoms with E-state index in [0.717, 1.165) is 0 Å². The van der Waals surface area contributed by atoms with Crippen LogP contribution in [-0.4, -0.2) is 55.1 Å². The molecule has 1 atom stereocenters. The zero-order chi connectivity index (χ0) is 15.8. The molecule has 1 aromatic rings. The largest absolute Gasteiger partial charge is 0.480 e. The van der Waals surface area contributed by atoms with Crippen LogP contribution in [0.5, 0.6) is 0 Å². The van der Waals surface area contributed by atoms with Gasteiger partial charge in [0.2, 0.25) is 5.91 Å². The smallest absolute Gasteiger partial charge is 0.321 e. The van der Waals surface area contributed by atoms with E-state index in [1.54, 1.807) is 24.3 Å². The minimum absolute atomic E-state index is 0.159. The zero-order valence-corrected chi connectivity index (χ0v) is 12.9. The third-order valence-corrected chi connectivity index (χ3v) is 3.11. The average Bonchev–Trinajstić information content (AvgIpc) is 2.39. The number of benzene rings is 1. The van der Waals surface area contributed by atoms with E-state index in [1.165, 1.54) is 0 Å². The minimum Gasteiger partial charge on any atom is -0.480 e. The molecule has 0 spiro atoms. The van der Waals surface area contributed by atoms with Gasteiger partial charge in [0, 0.05) is 13.1 Å². The lowest BCUT2D eigenvalue weighted by atomic mass is 10.2. The number of amides is 1. The van der Waals surface area contributed by atoms with Gasteiger partial charge in [-0.2, -0.15) is 0 Å². The van der Waals surface area contributed by atoms with Gasteiger partial charge < -0.3 is 20.6 Å². The Hall–Kier alpha value is -1.63. The molecular weight excluding hydrogens is 294 g/mol. The number of rotatable bonds is 8. The van der Waals surface area contributed by atoms with Crippen molar-refractivity contribution in [3.8, 4) is 0 Å². The van der Waals surface area contributed by atoms with Crippen LogP contribution in [0.15, 0.2) is 24.3 Å². The third-order valence-electron chi connectivity index (χ3n) is 2.79. The molecule has 3 N–H and O–H groups in total. The Kier molecular flexibility index (Phi) is 7.14. The standard InChI is InChI=1S/C14H20ClN3O3/c1-18(2)8-7-16-12(14(20)21)9-13(19)17-11-6-4-3-5-10(11)15/h3-6,12,16H,7-9H2,1-2H3,(H,17,19)(H,20,21)/t12-/m0/s1. The van der Waals surface area contributed by atoms with E-state index in [9.17, 15) is 9.59 Å². The van der Waals surface area contributed by atoms with E-state index < -0.39 is 17.9 Å². The van der Waals surface area contributed by atoms with Crippen LogP contribution >= 0.6 is 11.6 Å². The van der Waals surface area contributed by atoms with Crippen LogP contribution < -0.4 is 10.6 Å². The van der Waals surface area contributed by atoms with Gasteiger partial charge in [-0.15, -0.1) is 0 Å². The summed E-state index contributed by atoms with van der Waals surface area (Å²) in [6.07, 6.45) is -0.159. The number of nitrogens with zero attached hydrogens (tertiary/aromatic N) is 1. The molecular formula is C14H20ClN3O3. The molecule has 0 bridgehead atoms. The Morgan fingerprint density at radius 1 is 1.33 bits per heavy atom. The van der Waals surface area contributed by atoms with E-state index in [1.807, 2.05) is 19.0 Å². The number of halogens is 1. The Morgan fingerprint density at radius 3 is 2.57 bits per heavy atom. The summed E-state index contributed by atoms with van der Waals surface area (Å²) in [7, 11) is 3.78. The first-order chi connectivity index (χ1) is 9.90. The molecule has 116 valence electrons. The Bertz CT molecular complexity index is 494. The van der Waals surface area contributed by atoms with Crippen molar-refractivity contribution in [2.45, 2.75) is 12.5 Å². The van der Waals surface area contributed by atoms with E-state index in [-0.39, 0.29) is 6.42 Å².